The van der Waals surface area contributed by atoms with Crippen LogP contribution in [0.4, 0.5) is 0 Å². The van der Waals surface area contributed by atoms with Gasteiger partial charge in [0.15, 0.2) is 0 Å². The highest BCUT2D eigenvalue weighted by Crippen LogP contribution is 2.14. The number of carbonyl (C=O) groups excluding carboxylic acids is 1. The van der Waals surface area contributed by atoms with Crippen LogP contribution in [0.2, 0.25) is 0 Å². The zero-order chi connectivity index (χ0) is 16.7. The summed E-state index contributed by atoms with van der Waals surface area (Å²) in [5, 5.41) is 12.5. The summed E-state index contributed by atoms with van der Waals surface area (Å²) in [5.74, 6) is 0.0539. The number of carbonyl (C=O) groups is 1. The van der Waals surface area contributed by atoms with Gasteiger partial charge in [-0.3, -0.25) is 9.69 Å². The number of nitrogens with one attached hydrogen (secondary N) is 1. The van der Waals surface area contributed by atoms with E-state index in [1.807, 2.05) is 6.92 Å². The fraction of sp³-hybridized carbons (Fsp3) is 0.611. The van der Waals surface area contributed by atoms with Crippen LogP contribution in [-0.4, -0.2) is 41.1 Å². The summed E-state index contributed by atoms with van der Waals surface area (Å²) in [6.45, 7) is 5.31. The van der Waals surface area contributed by atoms with Gasteiger partial charge in [0.25, 0.3) is 0 Å². The molecule has 0 bridgehead atoms. The molecule has 128 valence electrons. The zero-order valence-electron chi connectivity index (χ0n) is 14.0. The van der Waals surface area contributed by atoms with Gasteiger partial charge in [-0.25, -0.2) is 0 Å². The lowest BCUT2D eigenvalue weighted by Crippen LogP contribution is -2.35. The summed E-state index contributed by atoms with van der Waals surface area (Å²) in [7, 11) is 0. The highest BCUT2D eigenvalue weighted by Gasteiger charge is 2.16. The molecule has 23 heavy (non-hydrogen) atoms. The quantitative estimate of drug-likeness (QED) is 0.709. The molecule has 1 saturated heterocycles. The van der Waals surface area contributed by atoms with Crippen LogP contribution >= 0.6 is 0 Å². The number of nitrogens with zero attached hydrogens (tertiary/aromatic N) is 1. The molecule has 4 N–H and O–H groups in total. The Bertz CT molecular complexity index is 480. The Morgan fingerprint density at radius 2 is 1.91 bits per heavy atom. The minimum atomic E-state index is -0.125. The van der Waals surface area contributed by atoms with E-state index >= 15 is 0 Å². The first-order chi connectivity index (χ1) is 11.0. The third-order valence-corrected chi connectivity index (χ3v) is 4.30. The average molecular weight is 319 g/mol. The van der Waals surface area contributed by atoms with Gasteiger partial charge < -0.3 is 16.2 Å². The zero-order valence-corrected chi connectivity index (χ0v) is 14.0. The van der Waals surface area contributed by atoms with Crippen molar-refractivity contribution in [3.8, 4) is 0 Å². The Morgan fingerprint density at radius 1 is 1.30 bits per heavy atom. The summed E-state index contributed by atoms with van der Waals surface area (Å²) in [4.78, 5) is 14.1. The van der Waals surface area contributed by atoms with Gasteiger partial charge in [0.2, 0.25) is 5.91 Å². The Kier molecular flexibility index (Phi) is 7.02. The lowest BCUT2D eigenvalue weighted by Gasteiger charge is -2.29. The molecule has 0 spiro atoms. The molecule has 1 aliphatic heterocycles. The second-order valence-corrected chi connectivity index (χ2v) is 6.62. The van der Waals surface area contributed by atoms with Gasteiger partial charge in [-0.1, -0.05) is 24.3 Å². The van der Waals surface area contributed by atoms with Gasteiger partial charge in [-0.15, -0.1) is 0 Å². The third kappa shape index (κ3) is 6.69. The molecule has 5 nitrogen and oxygen atoms in total. The predicted molar refractivity (Wildman–Crippen MR) is 91.7 cm³/mol. The number of piperidine rings is 1. The molecule has 1 aromatic carbocycles. The number of rotatable bonds is 7. The van der Waals surface area contributed by atoms with Crippen molar-refractivity contribution < 1.29 is 9.90 Å². The molecule has 1 aliphatic rings. The lowest BCUT2D eigenvalue weighted by atomic mass is 10.1. The van der Waals surface area contributed by atoms with Gasteiger partial charge in [-0.05, 0) is 37.3 Å². The van der Waals surface area contributed by atoms with E-state index in [1.54, 1.807) is 0 Å². The molecule has 1 unspecified atom stereocenters. The smallest absolute Gasteiger partial charge is 0.220 e. The van der Waals surface area contributed by atoms with Crippen LogP contribution < -0.4 is 11.1 Å². The van der Waals surface area contributed by atoms with E-state index in [2.05, 4.69) is 34.5 Å². The molecule has 1 amide bonds. The molecule has 5 heteroatoms. The van der Waals surface area contributed by atoms with E-state index in [0.717, 1.165) is 44.5 Å². The maximum Gasteiger partial charge on any atom is 0.220 e. The number of hydrogen-bond acceptors (Lipinski definition) is 4. The van der Waals surface area contributed by atoms with Crippen molar-refractivity contribution in [1.29, 1.82) is 0 Å². The monoisotopic (exact) mass is 319 g/mol. The molecular weight excluding hydrogens is 290 g/mol. The Hall–Kier alpha value is -1.43. The lowest BCUT2D eigenvalue weighted by molar-refractivity contribution is -0.121. The third-order valence-electron chi connectivity index (χ3n) is 4.30. The number of likely N-dealkylation sites (tertiary alicyclic amines) is 1. The SMILES string of the molecule is CC(N)CCC(=O)NCc1ccc(CN2CCC(O)CC2)cc1. The van der Waals surface area contributed by atoms with Gasteiger partial charge in [0, 0.05) is 38.6 Å². The van der Waals surface area contributed by atoms with Crippen molar-refractivity contribution in [2.45, 2.75) is 57.8 Å². The summed E-state index contributed by atoms with van der Waals surface area (Å²) in [5.41, 5.74) is 8.03. The van der Waals surface area contributed by atoms with Gasteiger partial charge in [0.1, 0.15) is 0 Å². The molecule has 0 aromatic heterocycles. The first-order valence-corrected chi connectivity index (χ1v) is 8.53. The Balaban J connectivity index is 1.72. The highest BCUT2D eigenvalue weighted by atomic mass is 16.3. The van der Waals surface area contributed by atoms with Crippen molar-refractivity contribution >= 4 is 5.91 Å². The number of amides is 1. The standard InChI is InChI=1S/C18H29N3O2/c1-14(19)2-7-18(23)20-12-15-3-5-16(6-4-15)13-21-10-8-17(22)9-11-21/h3-6,14,17,22H,2,7-13,19H2,1H3,(H,20,23). The Morgan fingerprint density at radius 3 is 2.52 bits per heavy atom. The van der Waals surface area contributed by atoms with Crippen LogP contribution in [0, 0.1) is 0 Å². The fourth-order valence-electron chi connectivity index (χ4n) is 2.75. The molecule has 0 aliphatic carbocycles. The molecular formula is C18H29N3O2. The predicted octanol–water partition coefficient (Wildman–Crippen LogP) is 1.39. The molecule has 2 rings (SSSR count). The molecule has 1 heterocycles. The fourth-order valence-corrected chi connectivity index (χ4v) is 2.75. The van der Waals surface area contributed by atoms with E-state index in [0.29, 0.717) is 13.0 Å². The molecule has 1 fully saturated rings. The van der Waals surface area contributed by atoms with Gasteiger partial charge >= 0.3 is 0 Å². The minimum Gasteiger partial charge on any atom is -0.393 e. The first-order valence-electron chi connectivity index (χ1n) is 8.53. The second-order valence-electron chi connectivity index (χ2n) is 6.62. The van der Waals surface area contributed by atoms with Crippen molar-refractivity contribution in [3.63, 3.8) is 0 Å². The van der Waals surface area contributed by atoms with Gasteiger partial charge in [0.05, 0.1) is 6.10 Å². The van der Waals surface area contributed by atoms with E-state index < -0.39 is 0 Å². The summed E-state index contributed by atoms with van der Waals surface area (Å²) >= 11 is 0. The average Bonchev–Trinajstić information content (AvgIpc) is 2.54. The topological polar surface area (TPSA) is 78.6 Å². The summed E-state index contributed by atoms with van der Waals surface area (Å²) < 4.78 is 0. The molecule has 1 aromatic rings. The highest BCUT2D eigenvalue weighted by molar-refractivity contribution is 5.75. The normalized spacial score (nSPS) is 17.9. The summed E-state index contributed by atoms with van der Waals surface area (Å²) in [6, 6.07) is 8.44. The number of hydrogen-bond donors (Lipinski definition) is 3. The number of nitrogens with two attached hydrogens (primary N) is 1. The number of benzene rings is 1. The van der Waals surface area contributed by atoms with E-state index in [9.17, 15) is 9.90 Å². The van der Waals surface area contributed by atoms with Crippen LogP contribution in [0.1, 0.15) is 43.7 Å². The van der Waals surface area contributed by atoms with Crippen molar-refractivity contribution in [1.82, 2.24) is 10.2 Å². The second kappa shape index (κ2) is 9.01. The largest absolute Gasteiger partial charge is 0.393 e. The first kappa shape index (κ1) is 17.9. The molecule has 0 saturated carbocycles. The van der Waals surface area contributed by atoms with E-state index in [1.165, 1.54) is 5.56 Å². The van der Waals surface area contributed by atoms with Crippen molar-refractivity contribution in [2.24, 2.45) is 5.73 Å². The van der Waals surface area contributed by atoms with Crippen LogP contribution in [0.5, 0.6) is 0 Å². The molecule has 0 radical (unpaired) electrons. The van der Waals surface area contributed by atoms with Crippen LogP contribution in [0.25, 0.3) is 0 Å². The Labute approximate surface area is 138 Å². The maximum atomic E-state index is 11.7. The van der Waals surface area contributed by atoms with Gasteiger partial charge in [-0.2, -0.15) is 0 Å². The van der Waals surface area contributed by atoms with E-state index in [4.69, 9.17) is 5.73 Å². The van der Waals surface area contributed by atoms with Crippen LogP contribution in [0.3, 0.4) is 0 Å². The summed E-state index contributed by atoms with van der Waals surface area (Å²) in [6.07, 6.45) is 2.81. The van der Waals surface area contributed by atoms with Crippen LogP contribution in [-0.2, 0) is 17.9 Å². The van der Waals surface area contributed by atoms with Crippen LogP contribution in [0.15, 0.2) is 24.3 Å². The number of aliphatic hydroxyl groups is 1. The minimum absolute atomic E-state index is 0.0539. The van der Waals surface area contributed by atoms with Crippen molar-refractivity contribution in [2.75, 3.05) is 13.1 Å². The maximum absolute atomic E-state index is 11.7. The molecule has 1 atom stereocenters. The van der Waals surface area contributed by atoms with E-state index in [-0.39, 0.29) is 18.1 Å². The number of aliphatic hydroxyl groups excluding tert-OH is 1. The van der Waals surface area contributed by atoms with Crippen molar-refractivity contribution in [3.05, 3.63) is 35.4 Å².